The van der Waals surface area contributed by atoms with Crippen LogP contribution in [0.4, 0.5) is 0 Å². The Bertz CT molecular complexity index is 964. The van der Waals surface area contributed by atoms with Crippen molar-refractivity contribution in [2.24, 2.45) is 16.5 Å². The molecule has 0 aliphatic carbocycles. The summed E-state index contributed by atoms with van der Waals surface area (Å²) in [6, 6.07) is 11.8. The van der Waals surface area contributed by atoms with Crippen LogP contribution in [-0.2, 0) is 13.1 Å². The van der Waals surface area contributed by atoms with Gasteiger partial charge in [-0.3, -0.25) is 4.98 Å². The van der Waals surface area contributed by atoms with Gasteiger partial charge in [0.05, 0.1) is 5.69 Å². The van der Waals surface area contributed by atoms with Crippen LogP contribution in [0, 0.1) is 0 Å². The van der Waals surface area contributed by atoms with E-state index in [1.165, 1.54) is 0 Å². The van der Waals surface area contributed by atoms with Gasteiger partial charge in [-0.25, -0.2) is 9.98 Å². The molecular weight excluding hydrogens is 392 g/mol. The summed E-state index contributed by atoms with van der Waals surface area (Å²) >= 11 is 7.83. The average Bonchev–Trinajstić information content (AvgIpc) is 2.98. The molecule has 3 rings (SSSR count). The molecule has 0 unspecified atom stereocenters. The number of rotatable bonds is 7. The highest BCUT2D eigenvalue weighted by Crippen LogP contribution is 2.36. The molecule has 0 aliphatic heterocycles. The van der Waals surface area contributed by atoms with Crippen LogP contribution >= 0.6 is 23.4 Å². The molecule has 4 N–H and O–H groups in total. The third-order valence-corrected chi connectivity index (χ3v) is 5.42. The lowest BCUT2D eigenvalue weighted by Crippen LogP contribution is -2.23. The molecule has 0 bridgehead atoms. The summed E-state index contributed by atoms with van der Waals surface area (Å²) in [7, 11) is 0. The first kappa shape index (κ1) is 20.2. The minimum atomic E-state index is 0.0496. The molecule has 146 valence electrons. The van der Waals surface area contributed by atoms with Crippen LogP contribution < -0.4 is 11.5 Å². The number of hydrogen-bond acceptors (Lipinski definition) is 4. The molecule has 0 fully saturated rings. The monoisotopic (exact) mass is 414 g/mol. The van der Waals surface area contributed by atoms with Gasteiger partial charge in [0.15, 0.2) is 5.96 Å². The minimum absolute atomic E-state index is 0.0496. The molecule has 8 heteroatoms. The number of imidazole rings is 1. The van der Waals surface area contributed by atoms with Crippen LogP contribution in [0.3, 0.4) is 0 Å². The smallest absolute Gasteiger partial charge is 0.186 e. The van der Waals surface area contributed by atoms with Gasteiger partial charge in [0.1, 0.15) is 17.4 Å². The fraction of sp³-hybridized carbons (Fsp3) is 0.250. The molecule has 0 saturated heterocycles. The molecule has 0 amide bonds. The third-order valence-electron chi connectivity index (χ3n) is 4.08. The van der Waals surface area contributed by atoms with Gasteiger partial charge >= 0.3 is 0 Å². The molecule has 2 heterocycles. The summed E-state index contributed by atoms with van der Waals surface area (Å²) in [4.78, 5) is 14.2. The van der Waals surface area contributed by atoms with Crippen LogP contribution in [0.5, 0.6) is 0 Å². The number of benzene rings is 1. The topological polar surface area (TPSA) is 95.1 Å². The largest absolute Gasteiger partial charge is 0.370 e. The Kier molecular flexibility index (Phi) is 6.59. The van der Waals surface area contributed by atoms with Crippen molar-refractivity contribution < 1.29 is 0 Å². The Morgan fingerprint density at radius 3 is 2.61 bits per heavy atom. The van der Waals surface area contributed by atoms with Crippen molar-refractivity contribution in [3.63, 3.8) is 0 Å². The van der Waals surface area contributed by atoms with Gasteiger partial charge in [0, 0.05) is 28.9 Å². The van der Waals surface area contributed by atoms with Crippen molar-refractivity contribution in [2.45, 2.75) is 42.8 Å². The number of aliphatic imine (C=N–C) groups is 1. The first-order valence-corrected chi connectivity index (χ1v) is 10.1. The fourth-order valence-electron chi connectivity index (χ4n) is 2.74. The van der Waals surface area contributed by atoms with E-state index in [4.69, 9.17) is 28.1 Å². The summed E-state index contributed by atoms with van der Waals surface area (Å²) in [6.45, 7) is 5.24. The molecule has 0 radical (unpaired) electrons. The van der Waals surface area contributed by atoms with E-state index in [2.05, 4.69) is 28.4 Å². The Morgan fingerprint density at radius 2 is 1.96 bits per heavy atom. The maximum atomic E-state index is 6.18. The fourth-order valence-corrected chi connectivity index (χ4v) is 4.22. The van der Waals surface area contributed by atoms with Crippen molar-refractivity contribution in [1.82, 2.24) is 14.5 Å². The Balaban J connectivity index is 2.08. The molecule has 28 heavy (non-hydrogen) atoms. The van der Waals surface area contributed by atoms with E-state index >= 15 is 0 Å². The zero-order chi connectivity index (χ0) is 20.1. The van der Waals surface area contributed by atoms with Gasteiger partial charge < -0.3 is 16.0 Å². The summed E-state index contributed by atoms with van der Waals surface area (Å²) in [5.74, 6) is 1.12. The maximum Gasteiger partial charge on any atom is 0.186 e. The van der Waals surface area contributed by atoms with E-state index in [1.54, 1.807) is 24.2 Å². The zero-order valence-electron chi connectivity index (χ0n) is 15.8. The van der Waals surface area contributed by atoms with Crippen LogP contribution in [-0.4, -0.2) is 20.5 Å². The molecule has 0 saturated carbocycles. The van der Waals surface area contributed by atoms with E-state index in [0.717, 1.165) is 27.0 Å². The quantitative estimate of drug-likeness (QED) is 0.449. The molecule has 6 nitrogen and oxygen atoms in total. The Labute approximate surface area is 174 Å². The van der Waals surface area contributed by atoms with Crippen molar-refractivity contribution in [3.8, 4) is 0 Å². The predicted octanol–water partition coefficient (Wildman–Crippen LogP) is 4.03. The van der Waals surface area contributed by atoms with E-state index in [0.29, 0.717) is 18.1 Å². The summed E-state index contributed by atoms with van der Waals surface area (Å²) in [6.07, 6.45) is 3.57. The number of pyridine rings is 1. The lowest BCUT2D eigenvalue weighted by Gasteiger charge is -2.13. The van der Waals surface area contributed by atoms with Crippen molar-refractivity contribution in [2.75, 3.05) is 0 Å². The first-order valence-electron chi connectivity index (χ1n) is 8.91. The second-order valence-corrected chi connectivity index (χ2v) is 8.11. The molecular formula is C20H23ClN6S. The van der Waals surface area contributed by atoms with Crippen LogP contribution in [0.2, 0.25) is 5.02 Å². The molecule has 1 aromatic carbocycles. The van der Waals surface area contributed by atoms with Gasteiger partial charge in [-0.05, 0) is 41.8 Å². The third kappa shape index (κ3) is 5.05. The number of aromatic nitrogens is 3. The predicted molar refractivity (Wildman–Crippen MR) is 115 cm³/mol. The normalized spacial score (nSPS) is 11.0. The van der Waals surface area contributed by atoms with Gasteiger partial charge in [-0.15, -0.1) is 0 Å². The van der Waals surface area contributed by atoms with Gasteiger partial charge in [0.2, 0.25) is 0 Å². The lowest BCUT2D eigenvalue weighted by molar-refractivity contribution is 0.668. The van der Waals surface area contributed by atoms with Crippen molar-refractivity contribution in [3.05, 3.63) is 70.9 Å². The highest BCUT2D eigenvalue weighted by atomic mass is 35.5. The summed E-state index contributed by atoms with van der Waals surface area (Å²) in [5.41, 5.74) is 13.2. The second-order valence-electron chi connectivity index (χ2n) is 6.62. The van der Waals surface area contributed by atoms with E-state index in [9.17, 15) is 0 Å². The standard InChI is InChI=1S/C20H23ClN6S/c1-13(2)18-19(28-16-5-3-4-15(21)10-16)27(12-14-6-8-24-9-7-14)17(26-18)11-25-20(22)23/h3-10,13H,11-12H2,1-2H3,(H4,22,23,25). The molecule has 0 spiro atoms. The summed E-state index contributed by atoms with van der Waals surface area (Å²) < 4.78 is 2.17. The van der Waals surface area contributed by atoms with E-state index in [1.807, 2.05) is 36.4 Å². The Morgan fingerprint density at radius 1 is 1.21 bits per heavy atom. The van der Waals surface area contributed by atoms with E-state index in [-0.39, 0.29) is 11.9 Å². The van der Waals surface area contributed by atoms with E-state index < -0.39 is 0 Å². The summed E-state index contributed by atoms with van der Waals surface area (Å²) in [5, 5.41) is 1.77. The van der Waals surface area contributed by atoms with Crippen LogP contribution in [0.15, 0.2) is 63.7 Å². The van der Waals surface area contributed by atoms with Gasteiger partial charge in [-0.1, -0.05) is 43.3 Å². The number of guanidine groups is 1. The average molecular weight is 415 g/mol. The van der Waals surface area contributed by atoms with Gasteiger partial charge in [0.25, 0.3) is 0 Å². The first-order chi connectivity index (χ1) is 13.4. The van der Waals surface area contributed by atoms with Crippen LogP contribution in [0.1, 0.15) is 36.8 Å². The number of nitrogens with zero attached hydrogens (tertiary/aromatic N) is 4. The zero-order valence-corrected chi connectivity index (χ0v) is 17.4. The molecule has 3 aromatic rings. The second kappa shape index (κ2) is 9.12. The van der Waals surface area contributed by atoms with Crippen molar-refractivity contribution >= 4 is 29.3 Å². The molecule has 0 aliphatic rings. The minimum Gasteiger partial charge on any atom is -0.370 e. The SMILES string of the molecule is CC(C)c1nc(CN=C(N)N)n(Cc2ccncc2)c1Sc1cccc(Cl)c1. The highest BCUT2D eigenvalue weighted by molar-refractivity contribution is 7.99. The Hall–Kier alpha value is -2.51. The highest BCUT2D eigenvalue weighted by Gasteiger charge is 2.20. The molecule has 2 aromatic heterocycles. The van der Waals surface area contributed by atoms with Gasteiger partial charge in [-0.2, -0.15) is 0 Å². The number of nitrogens with two attached hydrogens (primary N) is 2. The molecule has 0 atom stereocenters. The lowest BCUT2D eigenvalue weighted by atomic mass is 10.1. The number of hydrogen-bond donors (Lipinski definition) is 2. The van der Waals surface area contributed by atoms with Crippen molar-refractivity contribution in [1.29, 1.82) is 0 Å². The number of halogens is 1. The van der Waals surface area contributed by atoms with Crippen LogP contribution in [0.25, 0.3) is 0 Å². The maximum absolute atomic E-state index is 6.18.